The van der Waals surface area contributed by atoms with Gasteiger partial charge >= 0.3 is 6.03 Å². The molecule has 0 radical (unpaired) electrons. The molecule has 3 rings (SSSR count). The lowest BCUT2D eigenvalue weighted by molar-refractivity contribution is 0.0903. The highest BCUT2D eigenvalue weighted by molar-refractivity contribution is 6.00. The lowest BCUT2D eigenvalue weighted by atomic mass is 9.97. The summed E-state index contributed by atoms with van der Waals surface area (Å²) in [5, 5.41) is 8.58. The summed E-state index contributed by atoms with van der Waals surface area (Å²) in [4.78, 5) is 24.5. The van der Waals surface area contributed by atoms with Crippen molar-refractivity contribution in [1.82, 2.24) is 5.32 Å². The summed E-state index contributed by atoms with van der Waals surface area (Å²) >= 11 is 0. The van der Waals surface area contributed by atoms with E-state index in [-0.39, 0.29) is 17.5 Å². The molecule has 3 amide bonds. The van der Waals surface area contributed by atoms with E-state index in [9.17, 15) is 9.59 Å². The summed E-state index contributed by atoms with van der Waals surface area (Å²) < 4.78 is 0. The number of para-hydroxylation sites is 1. The van der Waals surface area contributed by atoms with Crippen molar-refractivity contribution in [1.29, 1.82) is 0 Å². The van der Waals surface area contributed by atoms with Crippen LogP contribution in [0.4, 0.5) is 16.2 Å². The fourth-order valence-corrected chi connectivity index (χ4v) is 3.26. The van der Waals surface area contributed by atoms with E-state index in [2.05, 4.69) is 16.0 Å². The van der Waals surface area contributed by atoms with Crippen molar-refractivity contribution in [3.63, 3.8) is 0 Å². The van der Waals surface area contributed by atoms with Gasteiger partial charge in [0.05, 0.1) is 5.54 Å². The standard InChI is InChI=1S/C20H24N4O2/c21-14-20(12-4-5-13-20)24-18(25)15-8-10-17(11-9-15)23-19(26)22-16-6-2-1-3-7-16/h1-3,6-11H,4-5,12-14,21H2,(H,24,25)(H2,22,23,26). The van der Waals surface area contributed by atoms with Gasteiger partial charge in [0, 0.05) is 23.5 Å². The second kappa shape index (κ2) is 8.01. The zero-order valence-corrected chi connectivity index (χ0v) is 14.6. The number of nitrogens with two attached hydrogens (primary N) is 1. The number of nitrogens with one attached hydrogen (secondary N) is 3. The Bertz CT molecular complexity index is 753. The fourth-order valence-electron chi connectivity index (χ4n) is 3.26. The van der Waals surface area contributed by atoms with E-state index in [0.29, 0.717) is 23.5 Å². The molecule has 0 aliphatic heterocycles. The smallest absolute Gasteiger partial charge is 0.323 e. The van der Waals surface area contributed by atoms with Crippen LogP contribution in [-0.4, -0.2) is 24.0 Å². The maximum atomic E-state index is 12.5. The number of urea groups is 1. The van der Waals surface area contributed by atoms with Crippen molar-refractivity contribution >= 4 is 23.3 Å². The molecule has 0 bridgehead atoms. The molecular weight excluding hydrogens is 328 g/mol. The molecular formula is C20H24N4O2. The minimum absolute atomic E-state index is 0.127. The zero-order chi connectivity index (χ0) is 18.4. The number of rotatable bonds is 5. The Morgan fingerprint density at radius 1 is 0.885 bits per heavy atom. The van der Waals surface area contributed by atoms with E-state index >= 15 is 0 Å². The van der Waals surface area contributed by atoms with Gasteiger partial charge in [0.25, 0.3) is 5.91 Å². The molecule has 6 heteroatoms. The largest absolute Gasteiger partial charge is 0.345 e. The average molecular weight is 352 g/mol. The van der Waals surface area contributed by atoms with Crippen LogP contribution >= 0.6 is 0 Å². The lowest BCUT2D eigenvalue weighted by Gasteiger charge is -2.28. The van der Waals surface area contributed by atoms with Crippen LogP contribution in [0.25, 0.3) is 0 Å². The third-order valence-electron chi connectivity index (χ3n) is 4.77. The first-order valence-corrected chi connectivity index (χ1v) is 8.86. The Hall–Kier alpha value is -2.86. The highest BCUT2D eigenvalue weighted by Gasteiger charge is 2.33. The Kier molecular flexibility index (Phi) is 5.53. The number of hydrogen-bond donors (Lipinski definition) is 4. The van der Waals surface area contributed by atoms with Gasteiger partial charge < -0.3 is 21.7 Å². The minimum Gasteiger partial charge on any atom is -0.345 e. The molecule has 26 heavy (non-hydrogen) atoms. The van der Waals surface area contributed by atoms with Crippen LogP contribution in [0.2, 0.25) is 0 Å². The molecule has 0 saturated heterocycles. The molecule has 1 aliphatic rings. The summed E-state index contributed by atoms with van der Waals surface area (Å²) in [5.74, 6) is -0.127. The van der Waals surface area contributed by atoms with Crippen molar-refractivity contribution < 1.29 is 9.59 Å². The number of hydrogen-bond acceptors (Lipinski definition) is 3. The number of amides is 3. The molecule has 5 N–H and O–H groups in total. The predicted octanol–water partition coefficient (Wildman–Crippen LogP) is 3.33. The van der Waals surface area contributed by atoms with Crippen LogP contribution in [0.1, 0.15) is 36.0 Å². The summed E-state index contributed by atoms with van der Waals surface area (Å²) in [6.45, 7) is 0.456. The quantitative estimate of drug-likeness (QED) is 0.664. The molecule has 0 unspecified atom stereocenters. The predicted molar refractivity (Wildman–Crippen MR) is 103 cm³/mol. The number of anilines is 2. The third-order valence-corrected chi connectivity index (χ3v) is 4.77. The van der Waals surface area contributed by atoms with Crippen molar-refractivity contribution in [2.75, 3.05) is 17.2 Å². The fraction of sp³-hybridized carbons (Fsp3) is 0.300. The Morgan fingerprint density at radius 3 is 2.04 bits per heavy atom. The maximum Gasteiger partial charge on any atom is 0.323 e. The molecule has 2 aromatic rings. The van der Waals surface area contributed by atoms with Crippen molar-refractivity contribution in [2.45, 2.75) is 31.2 Å². The first-order chi connectivity index (χ1) is 12.6. The second-order valence-corrected chi connectivity index (χ2v) is 6.67. The van der Waals surface area contributed by atoms with E-state index in [4.69, 9.17) is 5.73 Å². The monoisotopic (exact) mass is 352 g/mol. The van der Waals surface area contributed by atoms with Gasteiger partial charge in [-0.15, -0.1) is 0 Å². The molecule has 1 saturated carbocycles. The number of carbonyl (C=O) groups excluding carboxylic acids is 2. The van der Waals surface area contributed by atoms with Crippen LogP contribution in [-0.2, 0) is 0 Å². The van der Waals surface area contributed by atoms with Crippen LogP contribution in [0.15, 0.2) is 54.6 Å². The SMILES string of the molecule is NCC1(NC(=O)c2ccc(NC(=O)Nc3ccccc3)cc2)CCCC1. The minimum atomic E-state index is -0.332. The molecule has 0 aromatic heterocycles. The molecule has 1 fully saturated rings. The topological polar surface area (TPSA) is 96.2 Å². The molecule has 2 aromatic carbocycles. The van der Waals surface area contributed by atoms with E-state index < -0.39 is 0 Å². The van der Waals surface area contributed by atoms with E-state index in [1.54, 1.807) is 24.3 Å². The molecule has 0 atom stereocenters. The van der Waals surface area contributed by atoms with Gasteiger partial charge in [-0.25, -0.2) is 4.79 Å². The Labute approximate surface area is 153 Å². The zero-order valence-electron chi connectivity index (χ0n) is 14.6. The second-order valence-electron chi connectivity index (χ2n) is 6.67. The highest BCUT2D eigenvalue weighted by Crippen LogP contribution is 2.29. The van der Waals surface area contributed by atoms with E-state index in [1.165, 1.54) is 0 Å². The highest BCUT2D eigenvalue weighted by atomic mass is 16.2. The van der Waals surface area contributed by atoms with Gasteiger partial charge in [0.2, 0.25) is 0 Å². The van der Waals surface area contributed by atoms with Crippen molar-refractivity contribution in [3.8, 4) is 0 Å². The molecule has 6 nitrogen and oxygen atoms in total. The number of benzene rings is 2. The Balaban J connectivity index is 1.57. The van der Waals surface area contributed by atoms with Gasteiger partial charge in [0.1, 0.15) is 0 Å². The van der Waals surface area contributed by atoms with Crippen LogP contribution in [0.5, 0.6) is 0 Å². The van der Waals surface area contributed by atoms with Crippen molar-refractivity contribution in [2.24, 2.45) is 5.73 Å². The third kappa shape index (κ3) is 4.40. The van der Waals surface area contributed by atoms with Crippen LogP contribution in [0, 0.1) is 0 Å². The normalized spacial score (nSPS) is 15.3. The van der Waals surface area contributed by atoms with Crippen LogP contribution < -0.4 is 21.7 Å². The van der Waals surface area contributed by atoms with Gasteiger partial charge in [-0.3, -0.25) is 4.79 Å². The summed E-state index contributed by atoms with van der Waals surface area (Å²) in [6.07, 6.45) is 4.04. The summed E-state index contributed by atoms with van der Waals surface area (Å²) in [7, 11) is 0. The summed E-state index contributed by atoms with van der Waals surface area (Å²) in [6, 6.07) is 15.7. The number of carbonyl (C=O) groups is 2. The van der Waals surface area contributed by atoms with Gasteiger partial charge in [-0.05, 0) is 49.2 Å². The molecule has 136 valence electrons. The van der Waals surface area contributed by atoms with E-state index in [1.807, 2.05) is 30.3 Å². The summed E-state index contributed by atoms with van der Waals surface area (Å²) in [5.41, 5.74) is 7.48. The molecule has 0 spiro atoms. The maximum absolute atomic E-state index is 12.5. The average Bonchev–Trinajstić information content (AvgIpc) is 3.12. The molecule has 0 heterocycles. The van der Waals surface area contributed by atoms with Crippen LogP contribution in [0.3, 0.4) is 0 Å². The Morgan fingerprint density at radius 2 is 1.46 bits per heavy atom. The lowest BCUT2D eigenvalue weighted by Crippen LogP contribution is -2.51. The van der Waals surface area contributed by atoms with Gasteiger partial charge in [0.15, 0.2) is 0 Å². The van der Waals surface area contributed by atoms with Gasteiger partial charge in [-0.2, -0.15) is 0 Å². The van der Waals surface area contributed by atoms with E-state index in [0.717, 1.165) is 25.7 Å². The first-order valence-electron chi connectivity index (χ1n) is 8.86. The van der Waals surface area contributed by atoms with Crippen molar-refractivity contribution in [3.05, 3.63) is 60.2 Å². The molecule has 1 aliphatic carbocycles. The van der Waals surface area contributed by atoms with Gasteiger partial charge in [-0.1, -0.05) is 31.0 Å². The first kappa shape index (κ1) is 17.9.